The third-order valence-electron chi connectivity index (χ3n) is 1.56. The first-order valence-electron chi connectivity index (χ1n) is 5.43. The van der Waals surface area contributed by atoms with Crippen LogP contribution < -0.4 is 0 Å². The second-order valence-corrected chi connectivity index (χ2v) is 8.96. The first kappa shape index (κ1) is 18.7. The van der Waals surface area contributed by atoms with Crippen LogP contribution in [0.25, 0.3) is 0 Å². The van der Waals surface area contributed by atoms with Gasteiger partial charge in [0, 0.05) is 6.42 Å². The highest BCUT2D eigenvalue weighted by atomic mass is 79.9. The highest BCUT2D eigenvalue weighted by molar-refractivity contribution is 9.28. The summed E-state index contributed by atoms with van der Waals surface area (Å²) in [4.78, 5) is 9.82. The summed E-state index contributed by atoms with van der Waals surface area (Å²) in [7, 11) is 0. The molecular weight excluding hydrogens is 332 g/mol. The summed E-state index contributed by atoms with van der Waals surface area (Å²) >= 11 is 6.61. The molecule has 0 bridgehead atoms. The highest BCUT2D eigenvalue weighted by Gasteiger charge is 2.07. The van der Waals surface area contributed by atoms with Crippen molar-refractivity contribution in [2.45, 2.75) is 54.4 Å². The van der Waals surface area contributed by atoms with E-state index in [0.717, 1.165) is 16.1 Å². The van der Waals surface area contributed by atoms with Gasteiger partial charge in [-0.15, -0.1) is 0 Å². The average molecular weight is 356 g/mol. The second-order valence-electron chi connectivity index (χ2n) is 6.19. The molecule has 0 spiro atoms. The molecule has 0 atom stereocenters. The Hall–Kier alpha value is 0.370. The number of hydrogen-bond acceptors (Lipinski definition) is 1. The molecule has 1 nitrogen and oxygen atoms in total. The minimum Gasteiger partial charge on any atom is -0.303 e. The molecule has 0 rings (SSSR count). The zero-order chi connectivity index (χ0) is 13.4. The maximum absolute atomic E-state index is 9.82. The van der Waals surface area contributed by atoms with Gasteiger partial charge in [-0.3, -0.25) is 0 Å². The van der Waals surface area contributed by atoms with Gasteiger partial charge in [0.2, 0.25) is 0 Å². The minimum atomic E-state index is 0.182. The van der Waals surface area contributed by atoms with Gasteiger partial charge in [0.15, 0.2) is 0 Å². The molecule has 96 valence electrons. The zero-order valence-electron chi connectivity index (χ0n) is 11.2. The maximum Gasteiger partial charge on any atom is 0.120 e. The molecule has 0 saturated carbocycles. The summed E-state index contributed by atoms with van der Waals surface area (Å²) in [6.45, 7) is 12.8. The van der Waals surface area contributed by atoms with E-state index < -0.39 is 0 Å². The van der Waals surface area contributed by atoms with Crippen LogP contribution in [0.4, 0.5) is 0 Å². The molecule has 0 saturated heterocycles. The fraction of sp³-hybridized carbons (Fsp3) is 0.769. The third-order valence-corrected chi connectivity index (χ3v) is 2.21. The molecule has 0 aromatic heterocycles. The van der Waals surface area contributed by atoms with Gasteiger partial charge >= 0.3 is 0 Å². The van der Waals surface area contributed by atoms with Crippen LogP contribution >= 0.6 is 31.9 Å². The van der Waals surface area contributed by atoms with Gasteiger partial charge in [-0.1, -0.05) is 47.6 Å². The van der Waals surface area contributed by atoms with Crippen molar-refractivity contribution in [1.82, 2.24) is 0 Å². The Balaban J connectivity index is 0. The topological polar surface area (TPSA) is 17.1 Å². The molecule has 0 amide bonds. The van der Waals surface area contributed by atoms with Gasteiger partial charge < -0.3 is 4.79 Å². The highest BCUT2D eigenvalue weighted by Crippen LogP contribution is 2.23. The molecule has 0 radical (unpaired) electrons. The van der Waals surface area contributed by atoms with E-state index >= 15 is 0 Å². The fourth-order valence-corrected chi connectivity index (χ4v) is 0.957. The largest absolute Gasteiger partial charge is 0.303 e. The van der Waals surface area contributed by atoms with Crippen molar-refractivity contribution in [2.75, 3.05) is 0 Å². The van der Waals surface area contributed by atoms with Crippen LogP contribution in [-0.4, -0.2) is 6.29 Å². The Morgan fingerprint density at radius 1 is 0.938 bits per heavy atom. The predicted octanol–water partition coefficient (Wildman–Crippen LogP) is 5.68. The Labute approximate surface area is 117 Å². The predicted molar refractivity (Wildman–Crippen MR) is 80.1 cm³/mol. The number of aldehydes is 1. The van der Waals surface area contributed by atoms with Gasteiger partial charge in [0.1, 0.15) is 6.29 Å². The first-order chi connectivity index (χ1) is 6.98. The van der Waals surface area contributed by atoms with Crippen LogP contribution in [0.1, 0.15) is 54.4 Å². The van der Waals surface area contributed by atoms with E-state index in [4.69, 9.17) is 0 Å². The first-order valence-corrected chi connectivity index (χ1v) is 7.01. The van der Waals surface area contributed by atoms with E-state index in [9.17, 15) is 4.79 Å². The van der Waals surface area contributed by atoms with Gasteiger partial charge in [-0.25, -0.2) is 0 Å². The molecule has 0 aliphatic heterocycles. The van der Waals surface area contributed by atoms with Crippen molar-refractivity contribution in [3.8, 4) is 0 Å². The van der Waals surface area contributed by atoms with E-state index in [1.807, 2.05) is 20.8 Å². The van der Waals surface area contributed by atoms with E-state index in [0.29, 0.717) is 11.8 Å². The Morgan fingerprint density at radius 2 is 1.31 bits per heavy atom. The summed E-state index contributed by atoms with van der Waals surface area (Å²) in [5.41, 5.74) is 0.578. The maximum atomic E-state index is 9.82. The summed E-state index contributed by atoms with van der Waals surface area (Å²) in [5, 5.41) is 0. The Morgan fingerprint density at radius 3 is 1.38 bits per heavy atom. The van der Waals surface area contributed by atoms with Crippen LogP contribution in [0.15, 0.2) is 9.47 Å². The normalized spacial score (nSPS) is 11.2. The standard InChI is InChI=1S/C7H12Br2.C6H12O/c1-7(2,3)5-4-6(8)9;1-6(2,3)4-5-7/h4H,5H2,1-3H3;5H,4H2,1-3H3. The van der Waals surface area contributed by atoms with Crippen molar-refractivity contribution < 1.29 is 4.79 Å². The number of hydrogen-bond donors (Lipinski definition) is 0. The van der Waals surface area contributed by atoms with Crippen LogP contribution in [0, 0.1) is 10.8 Å². The summed E-state index contributed by atoms with van der Waals surface area (Å²) in [6.07, 6.45) is 4.84. The number of carbonyl (C=O) groups excluding carboxylic acids is 1. The zero-order valence-corrected chi connectivity index (χ0v) is 14.4. The molecule has 0 aromatic carbocycles. The minimum absolute atomic E-state index is 0.182. The number of allylic oxidation sites excluding steroid dienone is 1. The van der Waals surface area contributed by atoms with Gasteiger partial charge in [0.05, 0.1) is 3.39 Å². The van der Waals surface area contributed by atoms with Crippen molar-refractivity contribution in [3.63, 3.8) is 0 Å². The quantitative estimate of drug-likeness (QED) is 0.582. The lowest BCUT2D eigenvalue weighted by Gasteiger charge is -2.14. The molecule has 0 heterocycles. The van der Waals surface area contributed by atoms with E-state index in [1.54, 1.807) is 0 Å². The lowest BCUT2D eigenvalue weighted by molar-refractivity contribution is -0.109. The second kappa shape index (κ2) is 8.46. The van der Waals surface area contributed by atoms with Gasteiger partial charge in [0.25, 0.3) is 0 Å². The van der Waals surface area contributed by atoms with Crippen LogP contribution in [0.2, 0.25) is 0 Å². The molecule has 0 aliphatic carbocycles. The lowest BCUT2D eigenvalue weighted by atomic mass is 9.93. The monoisotopic (exact) mass is 354 g/mol. The third kappa shape index (κ3) is 23.9. The van der Waals surface area contributed by atoms with Crippen molar-refractivity contribution >= 4 is 38.1 Å². The van der Waals surface area contributed by atoms with E-state index in [2.05, 4.69) is 58.7 Å². The Kier molecular flexibility index (Phi) is 9.90. The summed E-state index contributed by atoms with van der Waals surface area (Å²) in [6, 6.07) is 0. The number of carbonyl (C=O) groups is 1. The smallest absolute Gasteiger partial charge is 0.120 e. The SMILES string of the molecule is CC(C)(C)CC=C(Br)Br.CC(C)(C)CC=O. The molecule has 0 aliphatic rings. The van der Waals surface area contributed by atoms with E-state index in [1.165, 1.54) is 0 Å². The lowest BCUT2D eigenvalue weighted by Crippen LogP contribution is -2.04. The van der Waals surface area contributed by atoms with Crippen LogP contribution in [0.5, 0.6) is 0 Å². The summed E-state index contributed by atoms with van der Waals surface area (Å²) < 4.78 is 1.05. The number of halogens is 2. The molecular formula is C13H24Br2O. The summed E-state index contributed by atoms with van der Waals surface area (Å²) in [5.74, 6) is 0. The molecule has 0 fully saturated rings. The van der Waals surface area contributed by atoms with Crippen molar-refractivity contribution in [2.24, 2.45) is 10.8 Å². The molecule has 0 unspecified atom stereocenters. The average Bonchev–Trinajstić information content (AvgIpc) is 1.98. The van der Waals surface area contributed by atoms with Gasteiger partial charge in [-0.2, -0.15) is 0 Å². The van der Waals surface area contributed by atoms with Crippen LogP contribution in [0.3, 0.4) is 0 Å². The molecule has 0 N–H and O–H groups in total. The van der Waals surface area contributed by atoms with Gasteiger partial charge in [-0.05, 0) is 49.1 Å². The van der Waals surface area contributed by atoms with Crippen molar-refractivity contribution in [3.05, 3.63) is 9.47 Å². The Bertz CT molecular complexity index is 215. The van der Waals surface area contributed by atoms with Crippen molar-refractivity contribution in [1.29, 1.82) is 0 Å². The molecule has 16 heavy (non-hydrogen) atoms. The molecule has 3 heteroatoms. The molecule has 0 aromatic rings. The fourth-order valence-electron chi connectivity index (χ4n) is 0.633. The number of rotatable bonds is 2. The van der Waals surface area contributed by atoms with Crippen LogP contribution in [-0.2, 0) is 4.79 Å². The van der Waals surface area contributed by atoms with E-state index in [-0.39, 0.29) is 5.41 Å².